The average molecular weight is 310 g/mol. The molecule has 0 bridgehead atoms. The first-order valence-corrected chi connectivity index (χ1v) is 7.10. The Morgan fingerprint density at radius 3 is 2.70 bits per heavy atom. The fourth-order valence-electron chi connectivity index (χ4n) is 2.29. The lowest BCUT2D eigenvalue weighted by Gasteiger charge is -2.08. The summed E-state index contributed by atoms with van der Waals surface area (Å²) in [4.78, 5) is 16.6. The Hall–Kier alpha value is -3.02. The number of halogens is 1. The molecule has 0 fully saturated rings. The molecule has 0 unspecified atom stereocenters. The maximum atomic E-state index is 13.9. The smallest absolute Gasteiger partial charge is 0.260 e. The van der Waals surface area contributed by atoms with Crippen molar-refractivity contribution in [2.24, 2.45) is 0 Å². The standard InChI is InChI=1S/C17H15FN4O/c1-11-6-5-9-19-16(11)21-17(23)13-10-20-22(12(13)2)15-8-4-3-7-14(15)18/h3-10H,1-2H3,(H,19,21,23). The highest BCUT2D eigenvalue weighted by atomic mass is 19.1. The molecule has 0 aliphatic carbocycles. The molecular formula is C17H15FN4O. The summed E-state index contributed by atoms with van der Waals surface area (Å²) in [6, 6.07) is 9.95. The minimum Gasteiger partial charge on any atom is -0.306 e. The Kier molecular flexibility index (Phi) is 3.89. The third-order valence-electron chi connectivity index (χ3n) is 3.58. The lowest BCUT2D eigenvalue weighted by molar-refractivity contribution is 0.102. The van der Waals surface area contributed by atoms with E-state index in [1.165, 1.54) is 16.9 Å². The predicted molar refractivity (Wildman–Crippen MR) is 85.2 cm³/mol. The van der Waals surface area contributed by atoms with E-state index in [0.29, 0.717) is 22.8 Å². The predicted octanol–water partition coefficient (Wildman–Crippen LogP) is 3.28. The van der Waals surface area contributed by atoms with E-state index in [4.69, 9.17) is 0 Å². The first-order valence-electron chi connectivity index (χ1n) is 7.10. The van der Waals surface area contributed by atoms with Crippen LogP contribution < -0.4 is 5.32 Å². The van der Waals surface area contributed by atoms with Crippen molar-refractivity contribution < 1.29 is 9.18 Å². The summed E-state index contributed by atoms with van der Waals surface area (Å²) in [5.41, 5.74) is 2.09. The highest BCUT2D eigenvalue weighted by Gasteiger charge is 2.17. The third kappa shape index (κ3) is 2.83. The van der Waals surface area contributed by atoms with Crippen molar-refractivity contribution >= 4 is 11.7 Å². The molecule has 2 aromatic heterocycles. The minimum atomic E-state index is -0.397. The van der Waals surface area contributed by atoms with Gasteiger partial charge in [-0.15, -0.1) is 0 Å². The number of benzene rings is 1. The quantitative estimate of drug-likeness (QED) is 0.807. The maximum Gasteiger partial charge on any atom is 0.260 e. The van der Waals surface area contributed by atoms with Gasteiger partial charge in [-0.3, -0.25) is 4.79 Å². The van der Waals surface area contributed by atoms with Crippen LogP contribution in [0.25, 0.3) is 5.69 Å². The summed E-state index contributed by atoms with van der Waals surface area (Å²) in [5.74, 6) is -0.228. The molecule has 116 valence electrons. The number of rotatable bonds is 3. The zero-order valence-corrected chi connectivity index (χ0v) is 12.7. The second-order valence-corrected chi connectivity index (χ2v) is 5.13. The number of aryl methyl sites for hydroxylation is 1. The van der Waals surface area contributed by atoms with Crippen molar-refractivity contribution in [2.45, 2.75) is 13.8 Å². The molecule has 0 saturated heterocycles. The fourth-order valence-corrected chi connectivity index (χ4v) is 2.29. The second kappa shape index (κ2) is 6.00. The molecular weight excluding hydrogens is 295 g/mol. The zero-order valence-electron chi connectivity index (χ0n) is 12.7. The Bertz CT molecular complexity index is 873. The first-order chi connectivity index (χ1) is 11.1. The van der Waals surface area contributed by atoms with Crippen molar-refractivity contribution in [3.63, 3.8) is 0 Å². The number of nitrogens with zero attached hydrogens (tertiary/aromatic N) is 3. The van der Waals surface area contributed by atoms with Gasteiger partial charge in [0.2, 0.25) is 0 Å². The van der Waals surface area contributed by atoms with E-state index >= 15 is 0 Å². The molecule has 1 amide bonds. The topological polar surface area (TPSA) is 59.8 Å². The number of anilines is 1. The summed E-state index contributed by atoms with van der Waals surface area (Å²) in [6.45, 7) is 3.58. The van der Waals surface area contributed by atoms with Crippen LogP contribution in [0.1, 0.15) is 21.6 Å². The van der Waals surface area contributed by atoms with Crippen LogP contribution in [0.5, 0.6) is 0 Å². The molecule has 5 nitrogen and oxygen atoms in total. The normalized spacial score (nSPS) is 10.6. The highest BCUT2D eigenvalue weighted by molar-refractivity contribution is 6.04. The van der Waals surface area contributed by atoms with Gasteiger partial charge in [0.25, 0.3) is 5.91 Å². The Balaban J connectivity index is 1.92. The molecule has 1 N–H and O–H groups in total. The van der Waals surface area contributed by atoms with Gasteiger partial charge in [-0.25, -0.2) is 14.1 Å². The molecule has 0 aliphatic rings. The number of amides is 1. The van der Waals surface area contributed by atoms with E-state index in [0.717, 1.165) is 5.56 Å². The van der Waals surface area contributed by atoms with Crippen molar-refractivity contribution in [3.8, 4) is 5.69 Å². The van der Waals surface area contributed by atoms with Crippen LogP contribution in [0.3, 0.4) is 0 Å². The number of carbonyl (C=O) groups is 1. The molecule has 0 spiro atoms. The molecule has 3 aromatic rings. The van der Waals surface area contributed by atoms with E-state index in [9.17, 15) is 9.18 Å². The summed E-state index contributed by atoms with van der Waals surface area (Å²) < 4.78 is 15.3. The van der Waals surface area contributed by atoms with E-state index in [2.05, 4.69) is 15.4 Å². The average Bonchev–Trinajstić information content (AvgIpc) is 2.92. The molecule has 0 aliphatic heterocycles. The van der Waals surface area contributed by atoms with Gasteiger partial charge < -0.3 is 5.32 Å². The highest BCUT2D eigenvalue weighted by Crippen LogP contribution is 2.18. The van der Waals surface area contributed by atoms with Gasteiger partial charge in [0.05, 0.1) is 17.5 Å². The second-order valence-electron chi connectivity index (χ2n) is 5.13. The van der Waals surface area contributed by atoms with Crippen LogP contribution in [0, 0.1) is 19.7 Å². The van der Waals surface area contributed by atoms with Gasteiger partial charge in [-0.1, -0.05) is 18.2 Å². The van der Waals surface area contributed by atoms with Crippen LogP contribution in [0.4, 0.5) is 10.2 Å². The molecule has 0 atom stereocenters. The summed E-state index contributed by atoms with van der Waals surface area (Å²) >= 11 is 0. The van der Waals surface area contributed by atoms with Gasteiger partial charge in [0.15, 0.2) is 0 Å². The number of nitrogens with one attached hydrogen (secondary N) is 1. The van der Waals surface area contributed by atoms with Crippen molar-refractivity contribution in [2.75, 3.05) is 5.32 Å². The number of hydrogen-bond acceptors (Lipinski definition) is 3. The van der Waals surface area contributed by atoms with Crippen LogP contribution >= 0.6 is 0 Å². The third-order valence-corrected chi connectivity index (χ3v) is 3.58. The lowest BCUT2D eigenvalue weighted by Crippen LogP contribution is -2.15. The Morgan fingerprint density at radius 1 is 1.17 bits per heavy atom. The molecule has 0 saturated carbocycles. The lowest BCUT2D eigenvalue weighted by atomic mass is 10.2. The number of hydrogen-bond donors (Lipinski definition) is 1. The summed E-state index contributed by atoms with van der Waals surface area (Å²) in [7, 11) is 0. The summed E-state index contributed by atoms with van der Waals surface area (Å²) in [6.07, 6.45) is 3.04. The van der Waals surface area contributed by atoms with Crippen LogP contribution in [0.15, 0.2) is 48.8 Å². The van der Waals surface area contributed by atoms with Crippen molar-refractivity contribution in [3.05, 3.63) is 71.4 Å². The van der Waals surface area contributed by atoms with Gasteiger partial charge in [0.1, 0.15) is 17.3 Å². The van der Waals surface area contributed by atoms with E-state index in [-0.39, 0.29) is 5.91 Å². The molecule has 3 rings (SSSR count). The molecule has 1 aromatic carbocycles. The Morgan fingerprint density at radius 2 is 1.96 bits per heavy atom. The first kappa shape index (κ1) is 14.9. The molecule has 23 heavy (non-hydrogen) atoms. The monoisotopic (exact) mass is 310 g/mol. The number of pyridine rings is 1. The van der Waals surface area contributed by atoms with Crippen LogP contribution in [-0.2, 0) is 0 Å². The summed E-state index contributed by atoms with van der Waals surface area (Å²) in [5, 5.41) is 6.88. The molecule has 2 heterocycles. The van der Waals surface area contributed by atoms with E-state index in [1.807, 2.05) is 13.0 Å². The fraction of sp³-hybridized carbons (Fsp3) is 0.118. The van der Waals surface area contributed by atoms with Crippen molar-refractivity contribution in [1.82, 2.24) is 14.8 Å². The van der Waals surface area contributed by atoms with Gasteiger partial charge in [-0.05, 0) is 37.6 Å². The number of para-hydroxylation sites is 1. The van der Waals surface area contributed by atoms with Crippen LogP contribution in [0.2, 0.25) is 0 Å². The number of aromatic nitrogens is 3. The number of carbonyl (C=O) groups excluding carboxylic acids is 1. The van der Waals surface area contributed by atoms with Gasteiger partial charge in [0, 0.05) is 6.20 Å². The van der Waals surface area contributed by atoms with Crippen LogP contribution in [-0.4, -0.2) is 20.7 Å². The zero-order chi connectivity index (χ0) is 16.4. The Labute approximate surface area is 132 Å². The van der Waals surface area contributed by atoms with Gasteiger partial charge in [-0.2, -0.15) is 5.10 Å². The minimum absolute atomic E-state index is 0.304. The molecule has 0 radical (unpaired) electrons. The maximum absolute atomic E-state index is 13.9. The van der Waals surface area contributed by atoms with Gasteiger partial charge >= 0.3 is 0 Å². The van der Waals surface area contributed by atoms with E-state index in [1.54, 1.807) is 37.4 Å². The molecule has 6 heteroatoms. The van der Waals surface area contributed by atoms with Crippen molar-refractivity contribution in [1.29, 1.82) is 0 Å². The van der Waals surface area contributed by atoms with E-state index < -0.39 is 5.82 Å². The largest absolute Gasteiger partial charge is 0.306 e. The SMILES string of the molecule is Cc1cccnc1NC(=O)c1cnn(-c2ccccc2F)c1C.